The number of hydrogen-bond acceptors (Lipinski definition) is 3. The fourth-order valence-corrected chi connectivity index (χ4v) is 2.65. The lowest BCUT2D eigenvalue weighted by Gasteiger charge is -2.08. The number of aliphatic hydroxyl groups excluding tert-OH is 1. The molecule has 0 saturated carbocycles. The molecule has 0 unspecified atom stereocenters. The first-order chi connectivity index (χ1) is 6.99. The maximum atomic E-state index is 11.7. The molecule has 0 heterocycles. The molecule has 0 aliphatic heterocycles. The maximum Gasteiger partial charge on any atom is 0.240 e. The molecule has 1 rings (SSSR count). The molecule has 15 heavy (non-hydrogen) atoms. The Morgan fingerprint density at radius 2 is 2.13 bits per heavy atom. The van der Waals surface area contributed by atoms with Crippen molar-refractivity contribution < 1.29 is 13.5 Å². The van der Waals surface area contributed by atoms with Gasteiger partial charge in [-0.1, -0.05) is 17.7 Å². The summed E-state index contributed by atoms with van der Waals surface area (Å²) in [5.74, 6) is 0. The van der Waals surface area contributed by atoms with Gasteiger partial charge in [0.1, 0.15) is 0 Å². The van der Waals surface area contributed by atoms with Crippen molar-refractivity contribution in [2.75, 3.05) is 13.2 Å². The molecular formula is C9H12ClNO3S. The molecule has 2 N–H and O–H groups in total. The third kappa shape index (κ3) is 2.92. The minimum Gasteiger partial charge on any atom is -0.395 e. The molecule has 0 spiro atoms. The van der Waals surface area contributed by atoms with Crippen molar-refractivity contribution >= 4 is 21.6 Å². The molecule has 1 aromatic carbocycles. The monoisotopic (exact) mass is 249 g/mol. The summed E-state index contributed by atoms with van der Waals surface area (Å²) in [7, 11) is -3.57. The van der Waals surface area contributed by atoms with Gasteiger partial charge in [-0.3, -0.25) is 0 Å². The molecule has 6 heteroatoms. The van der Waals surface area contributed by atoms with E-state index in [9.17, 15) is 8.42 Å². The summed E-state index contributed by atoms with van der Waals surface area (Å²) in [5.41, 5.74) is 0.504. The van der Waals surface area contributed by atoms with Crippen LogP contribution < -0.4 is 4.72 Å². The molecule has 84 valence electrons. The van der Waals surface area contributed by atoms with Gasteiger partial charge in [0.05, 0.1) is 11.5 Å². The van der Waals surface area contributed by atoms with E-state index in [1.165, 1.54) is 6.07 Å². The van der Waals surface area contributed by atoms with Crippen LogP contribution in [-0.2, 0) is 10.0 Å². The number of benzene rings is 1. The van der Waals surface area contributed by atoms with Crippen molar-refractivity contribution in [3.63, 3.8) is 0 Å². The minimum atomic E-state index is -3.57. The van der Waals surface area contributed by atoms with E-state index >= 15 is 0 Å². The summed E-state index contributed by atoms with van der Waals surface area (Å²) in [6.45, 7) is 1.39. The second-order valence-electron chi connectivity index (χ2n) is 2.98. The van der Waals surface area contributed by atoms with Crippen LogP contribution in [-0.4, -0.2) is 26.7 Å². The predicted octanol–water partition coefficient (Wildman–Crippen LogP) is 0.919. The Kier molecular flexibility index (Phi) is 4.10. The number of hydrogen-bond donors (Lipinski definition) is 2. The fourth-order valence-electron chi connectivity index (χ4n) is 1.14. The van der Waals surface area contributed by atoms with Crippen molar-refractivity contribution in [1.29, 1.82) is 0 Å². The van der Waals surface area contributed by atoms with Crippen LogP contribution in [0.1, 0.15) is 5.56 Å². The molecule has 0 radical (unpaired) electrons. The Labute approximate surface area is 93.9 Å². The molecule has 4 nitrogen and oxygen atoms in total. The lowest BCUT2D eigenvalue weighted by molar-refractivity contribution is 0.301. The predicted molar refractivity (Wildman–Crippen MR) is 58.5 cm³/mol. The molecule has 0 bridgehead atoms. The average molecular weight is 250 g/mol. The lowest BCUT2D eigenvalue weighted by atomic mass is 10.2. The van der Waals surface area contributed by atoms with E-state index < -0.39 is 10.0 Å². The maximum absolute atomic E-state index is 11.7. The number of rotatable bonds is 4. The van der Waals surface area contributed by atoms with E-state index in [2.05, 4.69) is 4.72 Å². The van der Waals surface area contributed by atoms with E-state index in [0.29, 0.717) is 10.6 Å². The largest absolute Gasteiger partial charge is 0.395 e. The normalized spacial score (nSPS) is 11.7. The van der Waals surface area contributed by atoms with E-state index in [4.69, 9.17) is 16.7 Å². The van der Waals surface area contributed by atoms with Crippen LogP contribution in [0.5, 0.6) is 0 Å². The van der Waals surface area contributed by atoms with Gasteiger partial charge in [0.15, 0.2) is 0 Å². The van der Waals surface area contributed by atoms with Gasteiger partial charge in [-0.2, -0.15) is 0 Å². The van der Waals surface area contributed by atoms with Gasteiger partial charge < -0.3 is 5.11 Å². The summed E-state index contributed by atoms with van der Waals surface area (Å²) < 4.78 is 25.6. The Balaban J connectivity index is 3.10. The van der Waals surface area contributed by atoms with Gasteiger partial charge in [0.25, 0.3) is 0 Å². The first kappa shape index (κ1) is 12.4. The van der Waals surface area contributed by atoms with Gasteiger partial charge in [0, 0.05) is 11.6 Å². The number of aliphatic hydroxyl groups is 1. The summed E-state index contributed by atoms with van der Waals surface area (Å²) >= 11 is 5.81. The molecule has 1 aromatic rings. The molecule has 0 aliphatic rings. The van der Waals surface area contributed by atoms with Crippen LogP contribution in [0.2, 0.25) is 5.02 Å². The summed E-state index contributed by atoms with van der Waals surface area (Å²) in [6, 6.07) is 4.67. The highest BCUT2D eigenvalue weighted by Crippen LogP contribution is 2.22. The zero-order valence-corrected chi connectivity index (χ0v) is 9.77. The number of sulfonamides is 1. The van der Waals surface area contributed by atoms with Crippen molar-refractivity contribution in [2.45, 2.75) is 11.8 Å². The van der Waals surface area contributed by atoms with Crippen LogP contribution >= 0.6 is 11.6 Å². The summed E-state index contributed by atoms with van der Waals surface area (Å²) in [4.78, 5) is 0.142. The zero-order chi connectivity index (χ0) is 11.5. The Hall–Kier alpha value is -0.620. The average Bonchev–Trinajstić information content (AvgIpc) is 2.19. The van der Waals surface area contributed by atoms with Crippen molar-refractivity contribution in [3.8, 4) is 0 Å². The van der Waals surface area contributed by atoms with Gasteiger partial charge >= 0.3 is 0 Å². The van der Waals surface area contributed by atoms with E-state index in [-0.39, 0.29) is 18.0 Å². The highest BCUT2D eigenvalue weighted by atomic mass is 35.5. The molecule has 0 aliphatic carbocycles. The van der Waals surface area contributed by atoms with Crippen molar-refractivity contribution in [2.24, 2.45) is 0 Å². The smallest absolute Gasteiger partial charge is 0.240 e. The van der Waals surface area contributed by atoms with Gasteiger partial charge in [0.2, 0.25) is 10.0 Å². The lowest BCUT2D eigenvalue weighted by Crippen LogP contribution is -2.27. The molecule has 0 amide bonds. The molecule has 0 aromatic heterocycles. The minimum absolute atomic E-state index is 0.00567. The quantitative estimate of drug-likeness (QED) is 0.834. The molecule has 0 fully saturated rings. The molecule has 0 atom stereocenters. The van der Waals surface area contributed by atoms with Gasteiger partial charge in [-0.25, -0.2) is 13.1 Å². The van der Waals surface area contributed by atoms with Crippen LogP contribution in [0.25, 0.3) is 0 Å². The summed E-state index contributed by atoms with van der Waals surface area (Å²) in [5, 5.41) is 8.95. The number of nitrogens with one attached hydrogen (secondary N) is 1. The van der Waals surface area contributed by atoms with E-state index in [1.807, 2.05) is 0 Å². The van der Waals surface area contributed by atoms with Crippen LogP contribution in [0.15, 0.2) is 23.1 Å². The van der Waals surface area contributed by atoms with Gasteiger partial charge in [-0.05, 0) is 24.6 Å². The Bertz CT molecular complexity index is 445. The Morgan fingerprint density at radius 1 is 1.47 bits per heavy atom. The first-order valence-corrected chi connectivity index (χ1v) is 6.21. The Morgan fingerprint density at radius 3 is 2.73 bits per heavy atom. The highest BCUT2D eigenvalue weighted by Gasteiger charge is 2.16. The highest BCUT2D eigenvalue weighted by molar-refractivity contribution is 7.89. The van der Waals surface area contributed by atoms with Crippen LogP contribution in [0, 0.1) is 6.92 Å². The second-order valence-corrected chi connectivity index (χ2v) is 5.13. The molecule has 0 saturated heterocycles. The topological polar surface area (TPSA) is 66.4 Å². The van der Waals surface area contributed by atoms with Crippen LogP contribution in [0.3, 0.4) is 0 Å². The zero-order valence-electron chi connectivity index (χ0n) is 8.20. The second kappa shape index (κ2) is 4.94. The first-order valence-electron chi connectivity index (χ1n) is 4.34. The third-order valence-electron chi connectivity index (χ3n) is 1.91. The van der Waals surface area contributed by atoms with Crippen molar-refractivity contribution in [3.05, 3.63) is 28.8 Å². The molecular weight excluding hydrogens is 238 g/mol. The fraction of sp³-hybridized carbons (Fsp3) is 0.333. The van der Waals surface area contributed by atoms with Gasteiger partial charge in [-0.15, -0.1) is 0 Å². The summed E-state index contributed by atoms with van der Waals surface area (Å²) in [6.07, 6.45) is 0. The van der Waals surface area contributed by atoms with E-state index in [1.54, 1.807) is 19.1 Å². The standard InChI is InChI=1S/C9H12ClNO3S/c1-7-8(10)3-2-4-9(7)15(13,14)11-5-6-12/h2-4,11-12H,5-6H2,1H3. The third-order valence-corrected chi connectivity index (χ3v) is 3.93. The van der Waals surface area contributed by atoms with Crippen molar-refractivity contribution in [1.82, 2.24) is 4.72 Å². The SMILES string of the molecule is Cc1c(Cl)cccc1S(=O)(=O)NCCO. The van der Waals surface area contributed by atoms with E-state index in [0.717, 1.165) is 0 Å². The number of halogens is 1. The van der Waals surface area contributed by atoms with Crippen LogP contribution in [0.4, 0.5) is 0 Å².